The number of urea groups is 1. The number of carbonyl (C=O) groups is 1. The van der Waals surface area contributed by atoms with Gasteiger partial charge in [0.15, 0.2) is 0 Å². The quantitative estimate of drug-likeness (QED) is 0.520. The fraction of sp³-hybridized carbons (Fsp3) is 0.667. The molecule has 0 radical (unpaired) electrons. The Labute approximate surface area is 59.2 Å². The van der Waals surface area contributed by atoms with Gasteiger partial charge in [-0.15, -0.1) is 0 Å². The van der Waals surface area contributed by atoms with Gasteiger partial charge >= 0.3 is 6.03 Å². The predicted octanol–water partition coefficient (Wildman–Crippen LogP) is 0.0771. The van der Waals surface area contributed by atoms with Crippen LogP contribution in [0.1, 0.15) is 6.92 Å². The van der Waals surface area contributed by atoms with Gasteiger partial charge in [-0.3, -0.25) is 4.90 Å². The van der Waals surface area contributed by atoms with Crippen molar-refractivity contribution in [1.82, 2.24) is 4.90 Å². The molecule has 10 heavy (non-hydrogen) atoms. The van der Waals surface area contributed by atoms with Gasteiger partial charge in [0.2, 0.25) is 0 Å². The van der Waals surface area contributed by atoms with Crippen LogP contribution >= 0.6 is 0 Å². The third-order valence-corrected chi connectivity index (χ3v) is 1.59. The Kier molecular flexibility index (Phi) is 1.72. The van der Waals surface area contributed by atoms with E-state index in [0.717, 1.165) is 0 Å². The minimum absolute atomic E-state index is 0.0669. The smallest absolute Gasteiger partial charge is 0.344 e. The molecule has 2 unspecified atom stereocenters. The first-order valence-corrected chi connectivity index (χ1v) is 3.12. The molecule has 2 atom stereocenters. The van der Waals surface area contributed by atoms with E-state index in [2.05, 4.69) is 4.99 Å². The van der Waals surface area contributed by atoms with Crippen molar-refractivity contribution in [3.8, 4) is 0 Å². The van der Waals surface area contributed by atoms with E-state index in [1.54, 1.807) is 6.92 Å². The van der Waals surface area contributed by atoms with Gasteiger partial charge in [0.05, 0.1) is 0 Å². The molecular formula is C6H10N2O2. The summed E-state index contributed by atoms with van der Waals surface area (Å²) in [4.78, 5) is 15.5. The topological polar surface area (TPSA) is 52.9 Å². The van der Waals surface area contributed by atoms with Gasteiger partial charge < -0.3 is 5.11 Å². The van der Waals surface area contributed by atoms with Crippen molar-refractivity contribution >= 4 is 12.2 Å². The number of aliphatic hydroxyl groups is 1. The van der Waals surface area contributed by atoms with Crippen LogP contribution < -0.4 is 0 Å². The van der Waals surface area contributed by atoms with Crippen LogP contribution in [0, 0.1) is 5.92 Å². The monoisotopic (exact) mass is 142 g/mol. The number of hydrogen-bond acceptors (Lipinski definition) is 2. The molecule has 1 aliphatic rings. The molecule has 1 aliphatic heterocycles. The first-order chi connectivity index (χ1) is 4.63. The fourth-order valence-electron chi connectivity index (χ4n) is 0.815. The minimum Gasteiger partial charge on any atom is -0.373 e. The Bertz CT molecular complexity index is 179. The van der Waals surface area contributed by atoms with E-state index in [9.17, 15) is 9.90 Å². The van der Waals surface area contributed by atoms with Crippen molar-refractivity contribution in [2.75, 3.05) is 7.05 Å². The molecule has 56 valence electrons. The van der Waals surface area contributed by atoms with Gasteiger partial charge in [0.25, 0.3) is 0 Å². The molecule has 2 amide bonds. The van der Waals surface area contributed by atoms with Gasteiger partial charge in [0, 0.05) is 19.2 Å². The lowest BCUT2D eigenvalue weighted by molar-refractivity contribution is 0.0249. The summed E-state index contributed by atoms with van der Waals surface area (Å²) in [6, 6.07) is -0.384. The zero-order valence-electron chi connectivity index (χ0n) is 5.98. The second-order valence-electron chi connectivity index (χ2n) is 2.44. The van der Waals surface area contributed by atoms with Gasteiger partial charge in [-0.1, -0.05) is 6.92 Å². The largest absolute Gasteiger partial charge is 0.373 e. The SMILES string of the molecule is CC1C=NC(=O)N(C)C1O. The minimum atomic E-state index is -0.718. The summed E-state index contributed by atoms with van der Waals surface area (Å²) in [5.41, 5.74) is 0. The maximum absolute atomic E-state index is 10.7. The van der Waals surface area contributed by atoms with Crippen molar-refractivity contribution in [1.29, 1.82) is 0 Å². The van der Waals surface area contributed by atoms with Gasteiger partial charge in [-0.05, 0) is 0 Å². The van der Waals surface area contributed by atoms with E-state index in [4.69, 9.17) is 0 Å². The average Bonchev–Trinajstić information content (AvgIpc) is 1.93. The van der Waals surface area contributed by atoms with Crippen LogP contribution in [-0.2, 0) is 0 Å². The lowest BCUT2D eigenvalue weighted by atomic mass is 10.1. The molecule has 0 saturated carbocycles. The van der Waals surface area contributed by atoms with Gasteiger partial charge in [0.1, 0.15) is 6.23 Å². The molecule has 1 rings (SSSR count). The Hall–Kier alpha value is -0.900. The second kappa shape index (κ2) is 2.38. The van der Waals surface area contributed by atoms with Crippen LogP contribution in [0.5, 0.6) is 0 Å². The molecule has 4 nitrogen and oxygen atoms in total. The molecule has 1 heterocycles. The maximum Gasteiger partial charge on any atom is 0.344 e. The summed E-state index contributed by atoms with van der Waals surface area (Å²) >= 11 is 0. The number of carbonyl (C=O) groups excluding carboxylic acids is 1. The van der Waals surface area contributed by atoms with Crippen LogP contribution in [0.2, 0.25) is 0 Å². The number of aliphatic hydroxyl groups excluding tert-OH is 1. The first-order valence-electron chi connectivity index (χ1n) is 3.12. The van der Waals surface area contributed by atoms with Gasteiger partial charge in [-0.2, -0.15) is 0 Å². The summed E-state index contributed by atoms with van der Waals surface area (Å²) in [5, 5.41) is 9.23. The number of nitrogens with zero attached hydrogens (tertiary/aromatic N) is 2. The van der Waals surface area contributed by atoms with Gasteiger partial charge in [-0.25, -0.2) is 9.79 Å². The molecule has 0 aromatic heterocycles. The molecule has 0 aromatic carbocycles. The standard InChI is InChI=1S/C6H10N2O2/c1-4-3-7-6(10)8(2)5(4)9/h3-5,9H,1-2H3. The first kappa shape index (κ1) is 7.21. The van der Waals surface area contributed by atoms with Crippen LogP contribution in [0.25, 0.3) is 0 Å². The fourth-order valence-corrected chi connectivity index (χ4v) is 0.815. The molecule has 0 aliphatic carbocycles. The normalized spacial score (nSPS) is 33.1. The predicted molar refractivity (Wildman–Crippen MR) is 36.8 cm³/mol. The van der Waals surface area contributed by atoms with Crippen LogP contribution in [0.3, 0.4) is 0 Å². The van der Waals surface area contributed by atoms with Crippen molar-refractivity contribution < 1.29 is 9.90 Å². The molecule has 0 saturated heterocycles. The Balaban J connectivity index is 2.79. The third kappa shape index (κ3) is 1.02. The number of rotatable bonds is 0. The van der Waals surface area contributed by atoms with E-state index in [1.807, 2.05) is 0 Å². The summed E-state index contributed by atoms with van der Waals surface area (Å²) < 4.78 is 0. The average molecular weight is 142 g/mol. The lowest BCUT2D eigenvalue weighted by Gasteiger charge is -2.27. The van der Waals surface area contributed by atoms with E-state index in [0.29, 0.717) is 0 Å². The van der Waals surface area contributed by atoms with Crippen molar-refractivity contribution in [3.05, 3.63) is 0 Å². The summed E-state index contributed by atoms with van der Waals surface area (Å²) in [6.07, 6.45) is 0.748. The van der Waals surface area contributed by atoms with Crippen molar-refractivity contribution in [2.45, 2.75) is 13.2 Å². The Morgan fingerprint density at radius 1 is 1.80 bits per heavy atom. The number of amides is 2. The van der Waals surface area contributed by atoms with E-state index >= 15 is 0 Å². The van der Waals surface area contributed by atoms with E-state index in [-0.39, 0.29) is 11.9 Å². The molecule has 0 fully saturated rings. The molecule has 0 bridgehead atoms. The number of hydrogen-bond donors (Lipinski definition) is 1. The molecular weight excluding hydrogens is 132 g/mol. The van der Waals surface area contributed by atoms with Crippen LogP contribution in [0.4, 0.5) is 4.79 Å². The summed E-state index contributed by atoms with van der Waals surface area (Å²) in [7, 11) is 1.53. The van der Waals surface area contributed by atoms with E-state index in [1.165, 1.54) is 18.2 Å². The highest BCUT2D eigenvalue weighted by Gasteiger charge is 2.25. The summed E-state index contributed by atoms with van der Waals surface area (Å²) in [5.74, 6) is -0.0669. The van der Waals surface area contributed by atoms with Crippen LogP contribution in [0.15, 0.2) is 4.99 Å². The lowest BCUT2D eigenvalue weighted by Crippen LogP contribution is -2.43. The Morgan fingerprint density at radius 3 is 2.90 bits per heavy atom. The van der Waals surface area contributed by atoms with Crippen LogP contribution in [-0.4, -0.2) is 35.5 Å². The highest BCUT2D eigenvalue weighted by molar-refractivity contribution is 5.86. The molecule has 4 heteroatoms. The zero-order chi connectivity index (χ0) is 7.72. The highest BCUT2D eigenvalue weighted by Crippen LogP contribution is 2.10. The summed E-state index contributed by atoms with van der Waals surface area (Å²) in [6.45, 7) is 1.80. The number of aliphatic imine (C=N–C) groups is 1. The second-order valence-corrected chi connectivity index (χ2v) is 2.44. The Morgan fingerprint density at radius 2 is 2.40 bits per heavy atom. The maximum atomic E-state index is 10.7. The molecule has 1 N–H and O–H groups in total. The van der Waals surface area contributed by atoms with E-state index < -0.39 is 6.23 Å². The van der Waals surface area contributed by atoms with Crippen molar-refractivity contribution in [2.24, 2.45) is 10.9 Å². The zero-order valence-corrected chi connectivity index (χ0v) is 5.98. The molecule has 0 aromatic rings. The highest BCUT2D eigenvalue weighted by atomic mass is 16.3. The third-order valence-electron chi connectivity index (χ3n) is 1.59. The molecule has 0 spiro atoms. The van der Waals surface area contributed by atoms with Crippen molar-refractivity contribution in [3.63, 3.8) is 0 Å².